The van der Waals surface area contributed by atoms with E-state index in [4.69, 9.17) is 18.6 Å². The summed E-state index contributed by atoms with van der Waals surface area (Å²) < 4.78 is 25.3. The summed E-state index contributed by atoms with van der Waals surface area (Å²) in [5.74, 6) is -1.89. The maximum absolute atomic E-state index is 14.5. The summed E-state index contributed by atoms with van der Waals surface area (Å²) >= 11 is 0. The van der Waals surface area contributed by atoms with Crippen molar-refractivity contribution in [3.63, 3.8) is 0 Å². The molecular weight excluding hydrogens is 552 g/mol. The van der Waals surface area contributed by atoms with E-state index >= 15 is 0 Å². The normalized spacial score (nSPS) is 39.2. The number of rotatable bonds is 5. The number of Topliss-reactive ketones (excluding diaryl/α,β-unsaturated/α-hetero) is 1. The molecule has 0 spiro atoms. The molecule has 1 aromatic rings. The first-order valence-corrected chi connectivity index (χ1v) is 18.5. The second-order valence-corrected chi connectivity index (χ2v) is 19.3. The average molecular weight is 599 g/mol. The predicted molar refractivity (Wildman–Crippen MR) is 159 cm³/mol. The summed E-state index contributed by atoms with van der Waals surface area (Å²) in [6.45, 7) is 17.4. The molecule has 1 aliphatic heterocycles. The molecule has 4 aliphatic rings. The fourth-order valence-corrected chi connectivity index (χ4v) is 9.60. The number of carbonyl (C=O) groups excluding carboxylic acids is 3. The Labute approximate surface area is 250 Å². The van der Waals surface area contributed by atoms with Crippen molar-refractivity contribution in [2.24, 2.45) is 22.7 Å². The second kappa shape index (κ2) is 10.1. The Balaban J connectivity index is 1.78. The van der Waals surface area contributed by atoms with Gasteiger partial charge in [0.15, 0.2) is 19.7 Å². The van der Waals surface area contributed by atoms with Gasteiger partial charge in [-0.3, -0.25) is 9.59 Å². The van der Waals surface area contributed by atoms with E-state index in [0.29, 0.717) is 17.6 Å². The highest BCUT2D eigenvalue weighted by atomic mass is 28.4. The Morgan fingerprint density at radius 1 is 1.10 bits per heavy atom. The first-order valence-electron chi connectivity index (χ1n) is 15.1. The van der Waals surface area contributed by atoms with Gasteiger partial charge < -0.3 is 23.7 Å². The summed E-state index contributed by atoms with van der Waals surface area (Å²) in [5, 5.41) is 13.2. The zero-order valence-corrected chi connectivity index (χ0v) is 27.4. The summed E-state index contributed by atoms with van der Waals surface area (Å²) in [5.41, 5.74) is -3.06. The molecular formula is C33H46O8Si. The first-order chi connectivity index (χ1) is 19.4. The van der Waals surface area contributed by atoms with Crippen LogP contribution in [0.15, 0.2) is 41.5 Å². The number of carbonyl (C=O) groups is 3. The molecule has 2 bridgehead atoms. The number of ketones is 1. The lowest BCUT2D eigenvalue weighted by molar-refractivity contribution is -0.343. The molecule has 1 saturated heterocycles. The lowest BCUT2D eigenvalue weighted by atomic mass is 9.44. The Morgan fingerprint density at radius 3 is 2.29 bits per heavy atom. The summed E-state index contributed by atoms with van der Waals surface area (Å²) in [7, 11) is -2.14. The Bertz CT molecular complexity index is 1310. The summed E-state index contributed by atoms with van der Waals surface area (Å²) in [4.78, 5) is 41.0. The number of hydrogen-bond donors (Lipinski definition) is 1. The zero-order chi connectivity index (χ0) is 31.0. The molecule has 1 heterocycles. The van der Waals surface area contributed by atoms with Crippen molar-refractivity contribution in [3.8, 4) is 0 Å². The van der Waals surface area contributed by atoms with Gasteiger partial charge in [-0.05, 0) is 62.0 Å². The zero-order valence-electron chi connectivity index (χ0n) is 26.4. The van der Waals surface area contributed by atoms with Crippen molar-refractivity contribution in [2.45, 2.75) is 110 Å². The molecule has 1 aromatic carbocycles. The number of hydrogen-bond acceptors (Lipinski definition) is 8. The number of aliphatic hydroxyl groups is 1. The largest absolute Gasteiger partial charge is 0.455 e. The molecule has 8 unspecified atom stereocenters. The van der Waals surface area contributed by atoms with Crippen molar-refractivity contribution < 1.29 is 38.1 Å². The maximum Gasteiger partial charge on any atom is 0.338 e. The molecule has 42 heavy (non-hydrogen) atoms. The fourth-order valence-electron chi connectivity index (χ4n) is 8.48. The SMILES string of the molecule is CC(=O)OC12COC1CC(C)C1(C)CC(=O)C3=C(C)C(O[Si](C)(C)C)CC(O)(C(OC(=O)c4ccccc4)C12)C3(C)C. The van der Waals surface area contributed by atoms with Gasteiger partial charge in [-0.25, -0.2) is 4.79 Å². The number of fused-ring (bicyclic) bond motifs is 5. The van der Waals surface area contributed by atoms with Crippen molar-refractivity contribution in [2.75, 3.05) is 6.61 Å². The number of ether oxygens (including phenoxy) is 3. The van der Waals surface area contributed by atoms with Crippen LogP contribution in [0.25, 0.3) is 0 Å². The quantitative estimate of drug-likeness (QED) is 0.362. The highest BCUT2D eigenvalue weighted by Crippen LogP contribution is 2.65. The Morgan fingerprint density at radius 2 is 1.74 bits per heavy atom. The van der Waals surface area contributed by atoms with Gasteiger partial charge in [0.05, 0.1) is 18.3 Å². The van der Waals surface area contributed by atoms with Crippen LogP contribution >= 0.6 is 0 Å². The summed E-state index contributed by atoms with van der Waals surface area (Å²) in [6.07, 6.45) is -1.25. The van der Waals surface area contributed by atoms with Crippen LogP contribution in [0.5, 0.6) is 0 Å². The fraction of sp³-hybridized carbons (Fsp3) is 0.667. The molecule has 9 heteroatoms. The van der Waals surface area contributed by atoms with Crippen LogP contribution in [0.4, 0.5) is 0 Å². The lowest BCUT2D eigenvalue weighted by Gasteiger charge is -2.68. The van der Waals surface area contributed by atoms with Crippen LogP contribution in [-0.4, -0.2) is 67.3 Å². The second-order valence-electron chi connectivity index (χ2n) is 14.8. The minimum Gasteiger partial charge on any atom is -0.455 e. The van der Waals surface area contributed by atoms with Gasteiger partial charge in [0.1, 0.15) is 17.8 Å². The van der Waals surface area contributed by atoms with Gasteiger partial charge in [-0.1, -0.05) is 45.9 Å². The van der Waals surface area contributed by atoms with E-state index in [1.807, 2.05) is 33.8 Å². The van der Waals surface area contributed by atoms with E-state index in [0.717, 1.165) is 5.57 Å². The lowest BCUT2D eigenvalue weighted by Crippen LogP contribution is -2.79. The van der Waals surface area contributed by atoms with E-state index in [1.54, 1.807) is 24.3 Å². The molecule has 0 radical (unpaired) electrons. The van der Waals surface area contributed by atoms with Gasteiger partial charge in [0.2, 0.25) is 0 Å². The maximum atomic E-state index is 14.5. The van der Waals surface area contributed by atoms with E-state index < -0.39 is 66.5 Å². The highest BCUT2D eigenvalue weighted by Gasteiger charge is 2.75. The van der Waals surface area contributed by atoms with Crippen LogP contribution < -0.4 is 0 Å². The molecule has 8 atom stereocenters. The standard InChI is InChI=1S/C33H46O8Si/c1-19-15-25-32(18-38-25,40-21(3)34)27-28(39-29(36)22-13-11-10-12-14-22)33(37)17-24(41-42(7,8)9)20(2)26(30(33,4)5)23(35)16-31(19,27)6/h10-14,19,24-25,27-28,37H,15-18H2,1-9H3. The highest BCUT2D eigenvalue weighted by molar-refractivity contribution is 6.69. The molecule has 0 aromatic heterocycles. The topological polar surface area (TPSA) is 108 Å². The first kappa shape index (κ1) is 31.1. The van der Waals surface area contributed by atoms with Gasteiger partial charge in [-0.15, -0.1) is 0 Å². The van der Waals surface area contributed by atoms with Crippen LogP contribution in [0.3, 0.4) is 0 Å². The van der Waals surface area contributed by atoms with E-state index in [2.05, 4.69) is 26.6 Å². The molecule has 2 saturated carbocycles. The summed E-state index contributed by atoms with van der Waals surface area (Å²) in [6, 6.07) is 8.70. The van der Waals surface area contributed by atoms with Crippen LogP contribution in [0.1, 0.15) is 71.2 Å². The van der Waals surface area contributed by atoms with E-state index in [9.17, 15) is 19.5 Å². The Hall–Kier alpha value is -2.33. The third-order valence-electron chi connectivity index (χ3n) is 10.7. The predicted octanol–water partition coefficient (Wildman–Crippen LogP) is 5.25. The molecule has 5 rings (SSSR count). The van der Waals surface area contributed by atoms with Gasteiger partial charge in [-0.2, -0.15) is 0 Å². The van der Waals surface area contributed by atoms with E-state index in [1.165, 1.54) is 6.92 Å². The van der Waals surface area contributed by atoms with Crippen LogP contribution in [0.2, 0.25) is 19.6 Å². The van der Waals surface area contributed by atoms with Crippen molar-refractivity contribution >= 4 is 26.0 Å². The van der Waals surface area contributed by atoms with Crippen molar-refractivity contribution in [1.29, 1.82) is 0 Å². The van der Waals surface area contributed by atoms with Gasteiger partial charge in [0.25, 0.3) is 0 Å². The monoisotopic (exact) mass is 598 g/mol. The van der Waals surface area contributed by atoms with Crippen LogP contribution in [-0.2, 0) is 28.2 Å². The third kappa shape index (κ3) is 4.62. The molecule has 0 amide bonds. The number of esters is 2. The van der Waals surface area contributed by atoms with Crippen molar-refractivity contribution in [1.82, 2.24) is 0 Å². The smallest absolute Gasteiger partial charge is 0.338 e. The molecule has 230 valence electrons. The minimum absolute atomic E-state index is 0.0522. The third-order valence-corrected chi connectivity index (χ3v) is 11.7. The molecule has 3 aliphatic carbocycles. The minimum atomic E-state index is -2.14. The van der Waals surface area contributed by atoms with Crippen LogP contribution in [0, 0.1) is 22.7 Å². The average Bonchev–Trinajstić information content (AvgIpc) is 2.86. The molecule has 8 nitrogen and oxygen atoms in total. The molecule has 3 fully saturated rings. The van der Waals surface area contributed by atoms with Gasteiger partial charge >= 0.3 is 11.9 Å². The number of benzene rings is 1. The molecule has 1 N–H and O–H groups in total. The Kier molecular flexibility index (Phi) is 7.49. The van der Waals surface area contributed by atoms with E-state index in [-0.39, 0.29) is 31.1 Å². The van der Waals surface area contributed by atoms with Crippen molar-refractivity contribution in [3.05, 3.63) is 47.0 Å². The van der Waals surface area contributed by atoms with Gasteiger partial charge in [0, 0.05) is 36.7 Å².